The highest BCUT2D eigenvalue weighted by atomic mass is 32.2. The first-order chi connectivity index (χ1) is 9.10. The van der Waals surface area contributed by atoms with Crippen molar-refractivity contribution in [2.45, 2.75) is 25.2 Å². The second-order valence-electron chi connectivity index (χ2n) is 4.79. The van der Waals surface area contributed by atoms with E-state index in [1.165, 1.54) is 4.31 Å². The van der Waals surface area contributed by atoms with E-state index in [0.29, 0.717) is 31.6 Å². The minimum Gasteiger partial charge on any atom is -0.411 e. The highest BCUT2D eigenvalue weighted by molar-refractivity contribution is 7.76. The Balaban J connectivity index is 2.32. The standard InChI is InChI=1S/C13H18N2O3S/c1-11(14-16)13(12-5-3-2-4-6-12)7-9-15(10-8-13)19(17)18/h2-6,16H,7-10H2,1H3,(H,17,18)/b14-11+. The van der Waals surface area contributed by atoms with E-state index in [1.54, 1.807) is 6.92 Å². The van der Waals surface area contributed by atoms with Gasteiger partial charge in [0.2, 0.25) is 11.3 Å². The molecule has 2 rings (SSSR count). The number of hydrogen-bond acceptors (Lipinski definition) is 3. The molecule has 104 valence electrons. The van der Waals surface area contributed by atoms with E-state index >= 15 is 0 Å². The summed E-state index contributed by atoms with van der Waals surface area (Å²) in [6.07, 6.45) is 1.33. The van der Waals surface area contributed by atoms with E-state index in [9.17, 15) is 4.21 Å². The van der Waals surface area contributed by atoms with Crippen LogP contribution < -0.4 is 0 Å². The van der Waals surface area contributed by atoms with Gasteiger partial charge in [-0.2, -0.15) is 0 Å². The van der Waals surface area contributed by atoms with Gasteiger partial charge in [-0.15, -0.1) is 0 Å². The van der Waals surface area contributed by atoms with Crippen LogP contribution in [0.4, 0.5) is 0 Å². The molecule has 19 heavy (non-hydrogen) atoms. The normalized spacial score (nSPS) is 22.1. The summed E-state index contributed by atoms with van der Waals surface area (Å²) in [7, 11) is 0. The Bertz CT molecular complexity index is 482. The zero-order valence-electron chi connectivity index (χ0n) is 10.8. The Hall–Kier alpha value is -1.24. The highest BCUT2D eigenvalue weighted by Gasteiger charge is 2.40. The average Bonchev–Trinajstić information content (AvgIpc) is 2.47. The van der Waals surface area contributed by atoms with E-state index in [2.05, 4.69) is 5.16 Å². The molecular formula is C13H18N2O3S. The maximum Gasteiger partial charge on any atom is 0.234 e. The molecule has 5 nitrogen and oxygen atoms in total. The number of hydrogen-bond donors (Lipinski definition) is 2. The fourth-order valence-electron chi connectivity index (χ4n) is 2.74. The monoisotopic (exact) mass is 282 g/mol. The van der Waals surface area contributed by atoms with Crippen molar-refractivity contribution in [1.82, 2.24) is 4.31 Å². The molecule has 1 fully saturated rings. The van der Waals surface area contributed by atoms with Gasteiger partial charge in [-0.3, -0.25) is 4.55 Å². The van der Waals surface area contributed by atoms with E-state index < -0.39 is 11.3 Å². The van der Waals surface area contributed by atoms with Crippen LogP contribution in [-0.2, 0) is 16.7 Å². The van der Waals surface area contributed by atoms with Gasteiger partial charge >= 0.3 is 0 Å². The van der Waals surface area contributed by atoms with Crippen LogP contribution in [-0.4, -0.2) is 37.1 Å². The summed E-state index contributed by atoms with van der Waals surface area (Å²) in [5, 5.41) is 12.5. The van der Waals surface area contributed by atoms with E-state index in [0.717, 1.165) is 5.56 Å². The third-order valence-electron chi connectivity index (χ3n) is 3.97. The predicted octanol–water partition coefficient (Wildman–Crippen LogP) is 2.01. The molecule has 0 radical (unpaired) electrons. The van der Waals surface area contributed by atoms with Crippen LogP contribution in [0.5, 0.6) is 0 Å². The van der Waals surface area contributed by atoms with Gasteiger partial charge in [-0.05, 0) is 25.3 Å². The maximum atomic E-state index is 11.1. The van der Waals surface area contributed by atoms with Crippen molar-refractivity contribution >= 4 is 17.0 Å². The molecule has 0 aliphatic carbocycles. The molecule has 1 saturated heterocycles. The molecule has 0 saturated carbocycles. The zero-order valence-corrected chi connectivity index (χ0v) is 11.6. The van der Waals surface area contributed by atoms with Gasteiger partial charge in [0.15, 0.2) is 0 Å². The van der Waals surface area contributed by atoms with Crippen molar-refractivity contribution in [1.29, 1.82) is 0 Å². The first-order valence-electron chi connectivity index (χ1n) is 6.21. The second kappa shape index (κ2) is 5.81. The third kappa shape index (κ3) is 2.70. The molecule has 0 bridgehead atoms. The van der Waals surface area contributed by atoms with Gasteiger partial charge in [-0.1, -0.05) is 35.5 Å². The first kappa shape index (κ1) is 14.2. The van der Waals surface area contributed by atoms with Crippen LogP contribution in [0.1, 0.15) is 25.3 Å². The molecule has 1 atom stereocenters. The third-order valence-corrected chi connectivity index (χ3v) is 4.77. The molecule has 1 aromatic carbocycles. The van der Waals surface area contributed by atoms with Gasteiger partial charge in [0, 0.05) is 18.5 Å². The van der Waals surface area contributed by atoms with Crippen LogP contribution in [0.3, 0.4) is 0 Å². The molecule has 1 aliphatic rings. The Morgan fingerprint density at radius 1 is 1.32 bits per heavy atom. The van der Waals surface area contributed by atoms with Crippen molar-refractivity contribution in [3.05, 3.63) is 35.9 Å². The van der Waals surface area contributed by atoms with Gasteiger partial charge < -0.3 is 5.21 Å². The Morgan fingerprint density at radius 2 is 1.89 bits per heavy atom. The summed E-state index contributed by atoms with van der Waals surface area (Å²) in [5.41, 5.74) is 1.40. The molecule has 0 amide bonds. The molecule has 2 N–H and O–H groups in total. The summed E-state index contributed by atoms with van der Waals surface area (Å²) in [5.74, 6) is 0. The fraction of sp³-hybridized carbons (Fsp3) is 0.462. The molecule has 1 heterocycles. The summed E-state index contributed by atoms with van der Waals surface area (Å²) in [6.45, 7) is 2.81. The lowest BCUT2D eigenvalue weighted by Crippen LogP contribution is -2.47. The first-order valence-corrected chi connectivity index (χ1v) is 7.27. The van der Waals surface area contributed by atoms with Gasteiger partial charge in [-0.25, -0.2) is 8.51 Å². The van der Waals surface area contributed by atoms with Crippen molar-refractivity contribution in [3.63, 3.8) is 0 Å². The summed E-state index contributed by atoms with van der Waals surface area (Å²) < 4.78 is 21.8. The summed E-state index contributed by atoms with van der Waals surface area (Å²) in [4.78, 5) is 0. The van der Waals surface area contributed by atoms with Crippen LogP contribution in [0.2, 0.25) is 0 Å². The SMILES string of the molecule is C/C(=N\O)C1(c2ccccc2)CCN(S(=O)O)CC1. The largest absolute Gasteiger partial charge is 0.411 e. The molecule has 0 aromatic heterocycles. The number of benzene rings is 1. The van der Waals surface area contributed by atoms with Gasteiger partial charge in [0.25, 0.3) is 0 Å². The van der Waals surface area contributed by atoms with Crippen molar-refractivity contribution < 1.29 is 14.0 Å². The number of oxime groups is 1. The topological polar surface area (TPSA) is 73.1 Å². The van der Waals surface area contributed by atoms with Crippen LogP contribution in [0, 0.1) is 0 Å². The summed E-state index contributed by atoms with van der Waals surface area (Å²) in [6, 6.07) is 9.89. The minimum absolute atomic E-state index is 0.341. The smallest absolute Gasteiger partial charge is 0.234 e. The van der Waals surface area contributed by atoms with Gasteiger partial charge in [0.1, 0.15) is 0 Å². The van der Waals surface area contributed by atoms with E-state index in [4.69, 9.17) is 9.76 Å². The van der Waals surface area contributed by atoms with Crippen molar-refractivity contribution in [2.24, 2.45) is 5.16 Å². The van der Waals surface area contributed by atoms with E-state index in [-0.39, 0.29) is 5.41 Å². The van der Waals surface area contributed by atoms with Gasteiger partial charge in [0.05, 0.1) is 5.71 Å². The molecule has 1 aliphatic heterocycles. The quantitative estimate of drug-likeness (QED) is 0.385. The summed E-state index contributed by atoms with van der Waals surface area (Å²) >= 11 is -1.93. The molecule has 0 spiro atoms. The zero-order chi connectivity index (χ0) is 13.9. The lowest BCUT2D eigenvalue weighted by molar-refractivity contribution is 0.266. The Kier molecular flexibility index (Phi) is 4.34. The predicted molar refractivity (Wildman–Crippen MR) is 74.6 cm³/mol. The second-order valence-corrected chi connectivity index (χ2v) is 5.77. The Morgan fingerprint density at radius 3 is 2.37 bits per heavy atom. The molecule has 1 unspecified atom stereocenters. The van der Waals surface area contributed by atoms with Crippen LogP contribution in [0.15, 0.2) is 35.5 Å². The highest BCUT2D eigenvalue weighted by Crippen LogP contribution is 2.37. The number of rotatable bonds is 3. The van der Waals surface area contributed by atoms with Crippen LogP contribution >= 0.6 is 0 Å². The lowest BCUT2D eigenvalue weighted by Gasteiger charge is -2.40. The van der Waals surface area contributed by atoms with E-state index in [1.807, 2.05) is 30.3 Å². The molecular weight excluding hydrogens is 264 g/mol. The van der Waals surface area contributed by atoms with Crippen molar-refractivity contribution in [2.75, 3.05) is 13.1 Å². The minimum atomic E-state index is -1.93. The lowest BCUT2D eigenvalue weighted by atomic mass is 9.70. The Labute approximate surface area is 115 Å². The van der Waals surface area contributed by atoms with Crippen molar-refractivity contribution in [3.8, 4) is 0 Å². The maximum absolute atomic E-state index is 11.1. The molecule has 6 heteroatoms. The number of nitrogens with zero attached hydrogens (tertiary/aromatic N) is 2. The fourth-order valence-corrected chi connectivity index (χ4v) is 3.23. The average molecular weight is 282 g/mol. The number of piperidine rings is 1. The van der Waals surface area contributed by atoms with Crippen LogP contribution in [0.25, 0.3) is 0 Å². The molecule has 1 aromatic rings.